The second-order valence-electron chi connectivity index (χ2n) is 2.47. The van der Waals surface area contributed by atoms with Crippen molar-refractivity contribution in [3.05, 3.63) is 34.9 Å². The van der Waals surface area contributed by atoms with E-state index in [2.05, 4.69) is 0 Å². The van der Waals surface area contributed by atoms with Crippen LogP contribution in [0.25, 0.3) is 0 Å². The number of carbonyl (C=O) groups is 1. The Balaban J connectivity index is 2.97. The van der Waals surface area contributed by atoms with Crippen LogP contribution in [0.1, 0.15) is 10.4 Å². The lowest BCUT2D eigenvalue weighted by molar-refractivity contribution is 0.0858. The Labute approximate surface area is 81.1 Å². The van der Waals surface area contributed by atoms with Crippen LogP contribution >= 0.6 is 11.6 Å². The van der Waals surface area contributed by atoms with Crippen molar-refractivity contribution in [1.82, 2.24) is 4.90 Å². The number of hydrogen-bond donors (Lipinski definition) is 0. The molecule has 1 aromatic rings. The van der Waals surface area contributed by atoms with Gasteiger partial charge in [-0.05, 0) is 18.2 Å². The largest absolute Gasteiger partial charge is 0.268 e. The van der Waals surface area contributed by atoms with Crippen molar-refractivity contribution in [3.63, 3.8) is 0 Å². The first-order valence-electron chi connectivity index (χ1n) is 3.58. The number of carbonyl (C=O) groups excluding carboxylic acids is 1. The highest BCUT2D eigenvalue weighted by Gasteiger charge is 2.10. The average molecular weight is 195 g/mol. The van der Waals surface area contributed by atoms with Gasteiger partial charge >= 0.3 is 0 Å². The van der Waals surface area contributed by atoms with E-state index in [0.29, 0.717) is 10.6 Å². The first-order chi connectivity index (χ1) is 6.15. The summed E-state index contributed by atoms with van der Waals surface area (Å²) in [5, 5.41) is 8.94. The molecular weight excluding hydrogens is 188 g/mol. The average Bonchev–Trinajstić information content (AvgIpc) is 2.15. The van der Waals surface area contributed by atoms with Gasteiger partial charge < -0.3 is 0 Å². The summed E-state index contributed by atoms with van der Waals surface area (Å²) in [7, 11) is 1.41. The Hall–Kier alpha value is -1.53. The van der Waals surface area contributed by atoms with Crippen molar-refractivity contribution >= 4 is 17.5 Å². The first kappa shape index (κ1) is 9.56. The van der Waals surface area contributed by atoms with Gasteiger partial charge in [0, 0.05) is 17.6 Å². The molecule has 0 bridgehead atoms. The van der Waals surface area contributed by atoms with Gasteiger partial charge in [0.2, 0.25) is 0 Å². The number of rotatable bonds is 1. The van der Waals surface area contributed by atoms with Gasteiger partial charge in [0.1, 0.15) is 0 Å². The van der Waals surface area contributed by atoms with E-state index in [9.17, 15) is 4.79 Å². The molecule has 0 N–H and O–H groups in total. The first-order valence-corrected chi connectivity index (χ1v) is 3.96. The second kappa shape index (κ2) is 3.92. The highest BCUT2D eigenvalue weighted by molar-refractivity contribution is 6.30. The van der Waals surface area contributed by atoms with Crippen molar-refractivity contribution in [1.29, 1.82) is 5.26 Å². The molecule has 0 saturated carbocycles. The summed E-state index contributed by atoms with van der Waals surface area (Å²) in [6, 6.07) is 6.48. The lowest BCUT2D eigenvalue weighted by Gasteiger charge is -2.06. The van der Waals surface area contributed by atoms with E-state index < -0.39 is 0 Å². The van der Waals surface area contributed by atoms with Crippen LogP contribution < -0.4 is 0 Å². The molecule has 0 atom stereocenters. The summed E-state index contributed by atoms with van der Waals surface area (Å²) in [6.07, 6.45) is 1.72. The monoisotopic (exact) mass is 194 g/mol. The van der Waals surface area contributed by atoms with Crippen LogP contribution in [0, 0.1) is 11.5 Å². The van der Waals surface area contributed by atoms with Gasteiger partial charge in [0.25, 0.3) is 5.91 Å². The molecule has 0 fully saturated rings. The summed E-state index contributed by atoms with van der Waals surface area (Å²) in [6.45, 7) is 0. The van der Waals surface area contributed by atoms with Gasteiger partial charge in [-0.15, -0.1) is 0 Å². The number of nitriles is 1. The van der Waals surface area contributed by atoms with Crippen molar-refractivity contribution in [3.8, 4) is 6.19 Å². The SMILES string of the molecule is CN(C#N)C(=O)c1cccc(Cl)c1. The van der Waals surface area contributed by atoms with Crippen LogP contribution in [0.4, 0.5) is 0 Å². The molecule has 1 aromatic carbocycles. The van der Waals surface area contributed by atoms with E-state index in [-0.39, 0.29) is 5.91 Å². The molecule has 0 saturated heterocycles. The minimum absolute atomic E-state index is 0.356. The topological polar surface area (TPSA) is 44.1 Å². The maximum atomic E-state index is 11.4. The zero-order valence-electron chi connectivity index (χ0n) is 6.99. The summed E-state index contributed by atoms with van der Waals surface area (Å²) in [4.78, 5) is 12.3. The fourth-order valence-electron chi connectivity index (χ4n) is 0.861. The Bertz CT molecular complexity index is 370. The minimum Gasteiger partial charge on any atom is -0.268 e. The van der Waals surface area contributed by atoms with E-state index in [1.807, 2.05) is 0 Å². The van der Waals surface area contributed by atoms with E-state index in [0.717, 1.165) is 4.90 Å². The molecule has 3 nitrogen and oxygen atoms in total. The van der Waals surface area contributed by atoms with Crippen molar-refractivity contribution in [2.24, 2.45) is 0 Å². The summed E-state index contributed by atoms with van der Waals surface area (Å²) >= 11 is 5.68. The Morgan fingerprint density at radius 2 is 2.31 bits per heavy atom. The van der Waals surface area contributed by atoms with Crippen LogP contribution in [0.3, 0.4) is 0 Å². The molecule has 0 heterocycles. The van der Waals surface area contributed by atoms with Crippen LogP contribution in [0.15, 0.2) is 24.3 Å². The molecule has 0 radical (unpaired) electrons. The van der Waals surface area contributed by atoms with Gasteiger partial charge in [-0.2, -0.15) is 5.26 Å². The summed E-state index contributed by atoms with van der Waals surface area (Å²) in [5.41, 5.74) is 0.413. The van der Waals surface area contributed by atoms with E-state index in [1.54, 1.807) is 24.4 Å². The molecule has 0 aromatic heterocycles. The maximum Gasteiger partial charge on any atom is 0.266 e. The molecule has 1 amide bonds. The minimum atomic E-state index is -0.356. The van der Waals surface area contributed by atoms with Crippen molar-refractivity contribution < 1.29 is 4.79 Å². The molecule has 0 spiro atoms. The molecule has 0 aliphatic heterocycles. The number of nitrogens with zero attached hydrogens (tertiary/aromatic N) is 2. The number of hydrogen-bond acceptors (Lipinski definition) is 2. The molecule has 0 aliphatic rings. The molecular formula is C9H7ClN2O. The van der Waals surface area contributed by atoms with Gasteiger partial charge in [-0.1, -0.05) is 17.7 Å². The zero-order chi connectivity index (χ0) is 9.84. The molecule has 4 heteroatoms. The third-order valence-electron chi connectivity index (χ3n) is 1.53. The number of benzene rings is 1. The molecule has 0 unspecified atom stereocenters. The van der Waals surface area contributed by atoms with Gasteiger partial charge in [-0.25, -0.2) is 4.90 Å². The lowest BCUT2D eigenvalue weighted by Crippen LogP contribution is -2.20. The Kier molecular flexibility index (Phi) is 2.88. The van der Waals surface area contributed by atoms with Crippen LogP contribution in [0.2, 0.25) is 5.02 Å². The second-order valence-corrected chi connectivity index (χ2v) is 2.91. The zero-order valence-corrected chi connectivity index (χ0v) is 7.75. The highest BCUT2D eigenvalue weighted by Crippen LogP contribution is 2.11. The van der Waals surface area contributed by atoms with Crippen LogP contribution in [0.5, 0.6) is 0 Å². The van der Waals surface area contributed by atoms with E-state index in [1.165, 1.54) is 13.1 Å². The predicted octanol–water partition coefficient (Wildman–Crippen LogP) is 1.89. The summed E-state index contributed by atoms with van der Waals surface area (Å²) in [5.74, 6) is -0.356. The highest BCUT2D eigenvalue weighted by atomic mass is 35.5. The van der Waals surface area contributed by atoms with Crippen LogP contribution in [-0.4, -0.2) is 17.9 Å². The third kappa shape index (κ3) is 2.20. The lowest BCUT2D eigenvalue weighted by atomic mass is 10.2. The normalized spacial score (nSPS) is 9.00. The van der Waals surface area contributed by atoms with Crippen molar-refractivity contribution in [2.45, 2.75) is 0 Å². The fraction of sp³-hybridized carbons (Fsp3) is 0.111. The molecule has 1 rings (SSSR count). The third-order valence-corrected chi connectivity index (χ3v) is 1.76. The smallest absolute Gasteiger partial charge is 0.266 e. The molecule has 13 heavy (non-hydrogen) atoms. The van der Waals surface area contributed by atoms with Gasteiger partial charge in [-0.3, -0.25) is 4.79 Å². The molecule has 0 aliphatic carbocycles. The number of amides is 1. The predicted molar refractivity (Wildman–Crippen MR) is 49.2 cm³/mol. The quantitative estimate of drug-likeness (QED) is 0.506. The Morgan fingerprint density at radius 1 is 1.62 bits per heavy atom. The summed E-state index contributed by atoms with van der Waals surface area (Å²) < 4.78 is 0. The van der Waals surface area contributed by atoms with Crippen molar-refractivity contribution in [2.75, 3.05) is 7.05 Å². The van der Waals surface area contributed by atoms with E-state index >= 15 is 0 Å². The fourth-order valence-corrected chi connectivity index (χ4v) is 1.05. The van der Waals surface area contributed by atoms with Gasteiger partial charge in [0.15, 0.2) is 6.19 Å². The molecule has 66 valence electrons. The Morgan fingerprint density at radius 3 is 2.85 bits per heavy atom. The number of halogens is 1. The van der Waals surface area contributed by atoms with Gasteiger partial charge in [0.05, 0.1) is 0 Å². The van der Waals surface area contributed by atoms with Crippen LogP contribution in [-0.2, 0) is 0 Å². The standard InChI is InChI=1S/C9H7ClN2O/c1-12(6-11)9(13)7-3-2-4-8(10)5-7/h2-5H,1H3. The van der Waals surface area contributed by atoms with E-state index in [4.69, 9.17) is 16.9 Å². The maximum absolute atomic E-state index is 11.4.